The van der Waals surface area contributed by atoms with Crippen molar-refractivity contribution in [3.63, 3.8) is 0 Å². The molecule has 0 unspecified atom stereocenters. The van der Waals surface area contributed by atoms with Crippen molar-refractivity contribution in [2.75, 3.05) is 6.61 Å². The second-order valence-corrected chi connectivity index (χ2v) is 9.07. The zero-order chi connectivity index (χ0) is 23.0. The van der Waals surface area contributed by atoms with E-state index < -0.39 is 28.8 Å². The average molecular weight is 487 g/mol. The Labute approximate surface area is 192 Å². The number of hydrogen-bond donors (Lipinski definition) is 2. The molecule has 0 spiro atoms. The van der Waals surface area contributed by atoms with Crippen molar-refractivity contribution in [2.24, 2.45) is 11.3 Å². The van der Waals surface area contributed by atoms with E-state index in [4.69, 9.17) is 27.9 Å². The number of rotatable bonds is 7. The normalized spacial score (nSPS) is 23.4. The minimum atomic E-state index is -0.823. The molecule has 1 atom stereocenters. The molecule has 3 aliphatic carbocycles. The number of benzene rings is 2. The van der Waals surface area contributed by atoms with Gasteiger partial charge in [-0.3, -0.25) is 9.59 Å². The van der Waals surface area contributed by atoms with E-state index in [1.807, 2.05) is 0 Å². The third kappa shape index (κ3) is 4.52. The molecule has 2 amide bonds. The zero-order valence-electron chi connectivity index (χ0n) is 16.7. The van der Waals surface area contributed by atoms with Gasteiger partial charge < -0.3 is 15.4 Å². The van der Waals surface area contributed by atoms with Gasteiger partial charge in [-0.2, -0.15) is 0 Å². The summed E-state index contributed by atoms with van der Waals surface area (Å²) < 4.78 is 46.6. The summed E-state index contributed by atoms with van der Waals surface area (Å²) in [5, 5.41) is 5.35. The molecule has 2 bridgehead atoms. The van der Waals surface area contributed by atoms with Gasteiger partial charge in [0.05, 0.1) is 10.4 Å². The summed E-state index contributed by atoms with van der Waals surface area (Å²) in [5.74, 6) is -2.66. The lowest BCUT2D eigenvalue weighted by molar-refractivity contribution is -0.135. The van der Waals surface area contributed by atoms with Gasteiger partial charge in [0.15, 0.2) is 6.61 Å². The molecule has 2 N–H and O–H groups in total. The lowest BCUT2D eigenvalue weighted by Crippen LogP contribution is -2.44. The van der Waals surface area contributed by atoms with Crippen LogP contribution in [-0.4, -0.2) is 24.5 Å². The Kier molecular flexibility index (Phi) is 6.27. The van der Waals surface area contributed by atoms with Crippen LogP contribution < -0.4 is 15.4 Å². The molecular weight excluding hydrogens is 468 g/mol. The van der Waals surface area contributed by atoms with E-state index in [2.05, 4.69) is 10.6 Å². The van der Waals surface area contributed by atoms with Crippen LogP contribution in [0.2, 0.25) is 10.0 Å². The maximum atomic E-state index is 13.9. The first-order valence-electron chi connectivity index (χ1n) is 9.96. The Bertz CT molecular complexity index is 1050. The van der Waals surface area contributed by atoms with Crippen molar-refractivity contribution in [3.05, 3.63) is 63.4 Å². The number of fused-ring (bicyclic) bond motifs is 1. The van der Waals surface area contributed by atoms with Gasteiger partial charge in [0.1, 0.15) is 23.2 Å². The smallest absolute Gasteiger partial charge is 0.258 e. The van der Waals surface area contributed by atoms with E-state index in [0.717, 1.165) is 18.2 Å². The van der Waals surface area contributed by atoms with Crippen molar-refractivity contribution in [3.8, 4) is 5.75 Å². The molecule has 0 radical (unpaired) electrons. The zero-order valence-corrected chi connectivity index (χ0v) is 18.2. The first kappa shape index (κ1) is 22.7. The number of halogens is 5. The number of nitrogens with one attached hydrogen (secondary N) is 2. The van der Waals surface area contributed by atoms with E-state index >= 15 is 0 Å². The fraction of sp³-hybridized carbons (Fsp3) is 0.364. The van der Waals surface area contributed by atoms with Crippen molar-refractivity contribution >= 4 is 35.0 Å². The maximum absolute atomic E-state index is 13.9. The van der Waals surface area contributed by atoms with Gasteiger partial charge in [0.2, 0.25) is 5.91 Å². The van der Waals surface area contributed by atoms with Crippen LogP contribution in [0.1, 0.15) is 24.8 Å². The first-order chi connectivity index (χ1) is 15.2. The molecule has 0 heterocycles. The van der Waals surface area contributed by atoms with E-state index in [0.29, 0.717) is 19.3 Å². The van der Waals surface area contributed by atoms with Gasteiger partial charge in [-0.05, 0) is 49.4 Å². The molecule has 2 aromatic carbocycles. The van der Waals surface area contributed by atoms with Crippen molar-refractivity contribution < 1.29 is 27.5 Å². The summed E-state index contributed by atoms with van der Waals surface area (Å²) in [6, 6.07) is 5.66. The van der Waals surface area contributed by atoms with Crippen molar-refractivity contribution in [1.82, 2.24) is 10.6 Å². The van der Waals surface area contributed by atoms with Crippen molar-refractivity contribution in [1.29, 1.82) is 0 Å². The average Bonchev–Trinajstić information content (AvgIpc) is 3.23. The van der Waals surface area contributed by atoms with Gasteiger partial charge >= 0.3 is 0 Å². The second-order valence-electron chi connectivity index (χ2n) is 8.22. The predicted molar refractivity (Wildman–Crippen MR) is 112 cm³/mol. The Morgan fingerprint density at radius 3 is 2.38 bits per heavy atom. The topological polar surface area (TPSA) is 67.4 Å². The molecule has 5 rings (SSSR count). The Morgan fingerprint density at radius 1 is 1.03 bits per heavy atom. The summed E-state index contributed by atoms with van der Waals surface area (Å²) in [6.45, 7) is -0.596. The van der Waals surface area contributed by atoms with Gasteiger partial charge in [-0.25, -0.2) is 13.2 Å². The van der Waals surface area contributed by atoms with Gasteiger partial charge in [0, 0.05) is 29.2 Å². The fourth-order valence-electron chi connectivity index (χ4n) is 4.49. The monoisotopic (exact) mass is 486 g/mol. The van der Waals surface area contributed by atoms with E-state index in [1.54, 1.807) is 0 Å². The van der Waals surface area contributed by atoms with Crippen LogP contribution in [0.5, 0.6) is 5.75 Å². The Morgan fingerprint density at radius 2 is 1.72 bits per heavy atom. The van der Waals surface area contributed by atoms with Crippen LogP contribution >= 0.6 is 23.2 Å². The minimum Gasteiger partial charge on any atom is -0.484 e. The summed E-state index contributed by atoms with van der Waals surface area (Å²) >= 11 is 11.2. The molecule has 3 saturated carbocycles. The summed E-state index contributed by atoms with van der Waals surface area (Å²) in [6.07, 6.45) is 1.59. The van der Waals surface area contributed by atoms with Gasteiger partial charge in [0.25, 0.3) is 5.91 Å². The summed E-state index contributed by atoms with van der Waals surface area (Å²) in [7, 11) is 0. The van der Waals surface area contributed by atoms with Gasteiger partial charge in [-0.1, -0.05) is 23.2 Å². The van der Waals surface area contributed by atoms with Crippen LogP contribution in [0.25, 0.3) is 0 Å². The molecule has 2 aromatic rings. The fourth-order valence-corrected chi connectivity index (χ4v) is 4.80. The number of amides is 2. The summed E-state index contributed by atoms with van der Waals surface area (Å²) in [4.78, 5) is 24.9. The Balaban J connectivity index is 1.27. The minimum absolute atomic E-state index is 0.0438. The highest BCUT2D eigenvalue weighted by Gasteiger charge is 2.60. The van der Waals surface area contributed by atoms with Gasteiger partial charge in [-0.15, -0.1) is 0 Å². The number of hydrogen-bond acceptors (Lipinski definition) is 3. The molecule has 10 heteroatoms. The number of ether oxygens (including phenoxy) is 1. The highest BCUT2D eigenvalue weighted by atomic mass is 35.5. The molecule has 3 aliphatic rings. The van der Waals surface area contributed by atoms with Crippen LogP contribution in [0, 0.1) is 28.8 Å². The van der Waals surface area contributed by atoms with Crippen LogP contribution in [0.3, 0.4) is 0 Å². The SMILES string of the molecule is O=C(COc1ccc(Cl)c(F)c1)N[C@@H]1CC2(C(=O)NCc3c(F)cc(Cl)cc3F)CC1C2. The third-order valence-corrected chi connectivity index (χ3v) is 6.63. The molecule has 0 aromatic heterocycles. The van der Waals surface area contributed by atoms with Crippen LogP contribution in [0.15, 0.2) is 30.3 Å². The molecule has 32 heavy (non-hydrogen) atoms. The highest BCUT2D eigenvalue weighted by Crippen LogP contribution is 2.58. The standard InChI is InChI=1S/C22H19Cl2F3N2O3/c23-12-3-16(25)14(17(26)4-12)9-28-21(31)22-6-11(7-22)19(8-22)29-20(30)10-32-13-1-2-15(24)18(27)5-13/h1-5,11,19H,6-10H2,(H,28,31)(H,29,30)/t11?,19-,22?/m1/s1. The van der Waals surface area contributed by atoms with E-state index in [1.165, 1.54) is 12.1 Å². The van der Waals surface area contributed by atoms with E-state index in [9.17, 15) is 22.8 Å². The molecule has 5 nitrogen and oxygen atoms in total. The first-order valence-corrected chi connectivity index (χ1v) is 10.7. The molecular formula is C22H19Cl2F3N2O3. The predicted octanol–water partition coefficient (Wildman–Crippen LogP) is 4.39. The molecule has 0 aliphatic heterocycles. The maximum Gasteiger partial charge on any atom is 0.258 e. The summed E-state index contributed by atoms with van der Waals surface area (Å²) in [5.41, 5.74) is -0.920. The molecule has 170 valence electrons. The lowest BCUT2D eigenvalue weighted by atomic mass is 9.69. The van der Waals surface area contributed by atoms with Crippen molar-refractivity contribution in [2.45, 2.75) is 31.8 Å². The van der Waals surface area contributed by atoms with Crippen LogP contribution in [0.4, 0.5) is 13.2 Å². The Hall–Kier alpha value is -2.45. The second kappa shape index (κ2) is 8.83. The lowest BCUT2D eigenvalue weighted by Gasteiger charge is -2.36. The number of carbonyl (C=O) groups excluding carboxylic acids is 2. The quantitative estimate of drug-likeness (QED) is 0.609. The largest absolute Gasteiger partial charge is 0.484 e. The molecule has 0 saturated heterocycles. The van der Waals surface area contributed by atoms with E-state index in [-0.39, 0.29) is 52.4 Å². The van der Waals surface area contributed by atoms with Crippen LogP contribution in [-0.2, 0) is 16.1 Å². The number of carbonyl (C=O) groups is 2. The third-order valence-electron chi connectivity index (χ3n) is 6.11. The molecule has 3 fully saturated rings. The highest BCUT2D eigenvalue weighted by molar-refractivity contribution is 6.31.